The fraction of sp³-hybridized carbons (Fsp3) is 0.250. The fourth-order valence-corrected chi connectivity index (χ4v) is 4.39. The SMILES string of the molecule is O=C(NS(=O)(=O)N1CCOC(NC(=O)c2ccc(Cl)cc2F)C1)c1ccsc1. The van der Waals surface area contributed by atoms with Crippen LogP contribution in [0, 0.1) is 5.82 Å². The van der Waals surface area contributed by atoms with Gasteiger partial charge in [0.15, 0.2) is 0 Å². The lowest BCUT2D eigenvalue weighted by molar-refractivity contribution is -0.0176. The first-order valence-electron chi connectivity index (χ1n) is 7.98. The molecule has 3 rings (SSSR count). The van der Waals surface area contributed by atoms with Gasteiger partial charge in [-0.2, -0.15) is 24.1 Å². The normalized spacial score (nSPS) is 17.9. The van der Waals surface area contributed by atoms with Gasteiger partial charge in [0, 0.05) is 16.9 Å². The van der Waals surface area contributed by atoms with Crippen LogP contribution in [0.3, 0.4) is 0 Å². The Morgan fingerprint density at radius 3 is 2.75 bits per heavy atom. The molecular formula is C16H15ClFN3O5S2. The van der Waals surface area contributed by atoms with Crippen molar-refractivity contribution in [3.05, 3.63) is 57.0 Å². The van der Waals surface area contributed by atoms with Gasteiger partial charge in [0.1, 0.15) is 12.0 Å². The number of amides is 2. The van der Waals surface area contributed by atoms with Crippen molar-refractivity contribution >= 4 is 45.0 Å². The zero-order valence-electron chi connectivity index (χ0n) is 14.2. The minimum atomic E-state index is -4.14. The van der Waals surface area contributed by atoms with E-state index in [0.717, 1.165) is 10.4 Å². The summed E-state index contributed by atoms with van der Waals surface area (Å²) in [5, 5.41) is 5.73. The van der Waals surface area contributed by atoms with Gasteiger partial charge in [-0.05, 0) is 29.6 Å². The number of morpholine rings is 1. The summed E-state index contributed by atoms with van der Waals surface area (Å²) < 4.78 is 47.0. The van der Waals surface area contributed by atoms with Gasteiger partial charge in [-0.15, -0.1) is 0 Å². The van der Waals surface area contributed by atoms with Crippen molar-refractivity contribution < 1.29 is 27.1 Å². The lowest BCUT2D eigenvalue weighted by atomic mass is 10.2. The van der Waals surface area contributed by atoms with Crippen LogP contribution in [-0.2, 0) is 14.9 Å². The molecule has 150 valence electrons. The average Bonchev–Trinajstić information content (AvgIpc) is 3.16. The maximum Gasteiger partial charge on any atom is 0.304 e. The first-order chi connectivity index (χ1) is 13.3. The van der Waals surface area contributed by atoms with E-state index >= 15 is 0 Å². The second kappa shape index (κ2) is 8.53. The summed E-state index contributed by atoms with van der Waals surface area (Å²) in [5.74, 6) is -2.34. The van der Waals surface area contributed by atoms with E-state index in [9.17, 15) is 22.4 Å². The van der Waals surface area contributed by atoms with Gasteiger partial charge in [-0.25, -0.2) is 9.11 Å². The number of thiophene rings is 1. The molecule has 0 aliphatic carbocycles. The standard InChI is InChI=1S/C16H15ClFN3O5S2/c17-11-1-2-12(13(18)7-11)16(23)19-14-8-21(4-5-26-14)28(24,25)20-15(22)10-3-6-27-9-10/h1-3,6-7,9,14H,4-5,8H2,(H,19,23)(H,20,22). The molecule has 1 unspecified atom stereocenters. The van der Waals surface area contributed by atoms with Crippen molar-refractivity contribution in [2.75, 3.05) is 19.7 Å². The van der Waals surface area contributed by atoms with Gasteiger partial charge in [-0.1, -0.05) is 11.6 Å². The highest BCUT2D eigenvalue weighted by atomic mass is 35.5. The summed E-state index contributed by atoms with van der Waals surface area (Å²) >= 11 is 6.92. The second-order valence-electron chi connectivity index (χ2n) is 5.76. The predicted molar refractivity (Wildman–Crippen MR) is 101 cm³/mol. The van der Waals surface area contributed by atoms with E-state index in [2.05, 4.69) is 5.32 Å². The summed E-state index contributed by atoms with van der Waals surface area (Å²) in [6.45, 7) is -0.261. The fourth-order valence-electron chi connectivity index (χ4n) is 2.46. The Labute approximate surface area is 169 Å². The van der Waals surface area contributed by atoms with Crippen LogP contribution in [0.2, 0.25) is 5.02 Å². The van der Waals surface area contributed by atoms with Gasteiger partial charge >= 0.3 is 10.2 Å². The molecule has 1 aromatic heterocycles. The van der Waals surface area contributed by atoms with Crippen molar-refractivity contribution in [2.24, 2.45) is 0 Å². The van der Waals surface area contributed by atoms with Gasteiger partial charge in [-0.3, -0.25) is 9.59 Å². The van der Waals surface area contributed by atoms with Gasteiger partial charge in [0.2, 0.25) is 0 Å². The zero-order chi connectivity index (χ0) is 20.3. The second-order valence-corrected chi connectivity index (χ2v) is 8.65. The molecule has 1 aliphatic heterocycles. The number of hydrogen-bond donors (Lipinski definition) is 2. The first-order valence-corrected chi connectivity index (χ1v) is 10.7. The first kappa shape index (κ1) is 20.7. The number of carbonyl (C=O) groups is 2. The third kappa shape index (κ3) is 4.86. The molecule has 2 heterocycles. The molecule has 2 aromatic rings. The Balaban J connectivity index is 1.64. The lowest BCUT2D eigenvalue weighted by Crippen LogP contribution is -2.55. The molecule has 1 saturated heterocycles. The van der Waals surface area contributed by atoms with Crippen molar-refractivity contribution in [1.29, 1.82) is 0 Å². The van der Waals surface area contributed by atoms with Gasteiger partial charge < -0.3 is 10.1 Å². The third-order valence-electron chi connectivity index (χ3n) is 3.84. The van der Waals surface area contributed by atoms with Crippen molar-refractivity contribution in [1.82, 2.24) is 14.3 Å². The molecule has 0 spiro atoms. The number of benzene rings is 1. The van der Waals surface area contributed by atoms with Crippen LogP contribution < -0.4 is 10.0 Å². The topological polar surface area (TPSA) is 105 Å². The van der Waals surface area contributed by atoms with Crippen LogP contribution in [-0.4, -0.2) is 50.5 Å². The molecule has 0 radical (unpaired) electrons. The number of nitrogens with zero attached hydrogens (tertiary/aromatic N) is 1. The summed E-state index contributed by atoms with van der Waals surface area (Å²) in [7, 11) is -4.14. The van der Waals surface area contributed by atoms with Crippen LogP contribution in [0.1, 0.15) is 20.7 Å². The Bertz CT molecular complexity index is 984. The number of carbonyl (C=O) groups excluding carboxylic acids is 2. The van der Waals surface area contributed by atoms with Crippen molar-refractivity contribution in [3.63, 3.8) is 0 Å². The van der Waals surface area contributed by atoms with E-state index in [-0.39, 0.29) is 35.8 Å². The maximum atomic E-state index is 13.9. The maximum absolute atomic E-state index is 13.9. The Kier molecular flexibility index (Phi) is 6.30. The molecule has 1 aromatic carbocycles. The number of rotatable bonds is 5. The molecule has 1 aliphatic rings. The van der Waals surface area contributed by atoms with Crippen LogP contribution in [0.15, 0.2) is 35.0 Å². The number of hydrogen-bond acceptors (Lipinski definition) is 6. The van der Waals surface area contributed by atoms with Crippen LogP contribution in [0.4, 0.5) is 4.39 Å². The summed E-state index contributed by atoms with van der Waals surface area (Å²) in [6.07, 6.45) is -1.01. The minimum absolute atomic E-state index is 0.00603. The predicted octanol–water partition coefficient (Wildman–Crippen LogP) is 1.60. The molecule has 0 bridgehead atoms. The highest BCUT2D eigenvalue weighted by Gasteiger charge is 2.32. The molecule has 2 amide bonds. The van der Waals surface area contributed by atoms with Crippen LogP contribution >= 0.6 is 22.9 Å². The Morgan fingerprint density at radius 1 is 1.29 bits per heavy atom. The number of ether oxygens (including phenoxy) is 1. The van der Waals surface area contributed by atoms with Crippen LogP contribution in [0.5, 0.6) is 0 Å². The van der Waals surface area contributed by atoms with E-state index < -0.39 is 34.1 Å². The summed E-state index contributed by atoms with van der Waals surface area (Å²) in [4.78, 5) is 24.2. The lowest BCUT2D eigenvalue weighted by Gasteiger charge is -2.32. The Hall–Kier alpha value is -2.05. The molecular weight excluding hydrogens is 433 g/mol. The summed E-state index contributed by atoms with van der Waals surface area (Å²) in [5.41, 5.74) is -0.0244. The highest BCUT2D eigenvalue weighted by Crippen LogP contribution is 2.16. The van der Waals surface area contributed by atoms with E-state index in [1.165, 1.54) is 34.9 Å². The number of nitrogens with one attached hydrogen (secondary N) is 2. The van der Waals surface area contributed by atoms with Crippen molar-refractivity contribution in [3.8, 4) is 0 Å². The quantitative estimate of drug-likeness (QED) is 0.724. The third-order valence-corrected chi connectivity index (χ3v) is 6.22. The van der Waals surface area contributed by atoms with Gasteiger partial charge in [0.25, 0.3) is 11.8 Å². The zero-order valence-corrected chi connectivity index (χ0v) is 16.6. The van der Waals surface area contributed by atoms with E-state index in [1.807, 2.05) is 4.72 Å². The highest BCUT2D eigenvalue weighted by molar-refractivity contribution is 7.87. The smallest absolute Gasteiger partial charge is 0.304 e. The molecule has 8 nitrogen and oxygen atoms in total. The monoisotopic (exact) mass is 447 g/mol. The van der Waals surface area contributed by atoms with Crippen LogP contribution in [0.25, 0.3) is 0 Å². The number of halogens is 2. The molecule has 12 heteroatoms. The van der Waals surface area contributed by atoms with E-state index in [0.29, 0.717) is 0 Å². The largest absolute Gasteiger partial charge is 0.356 e. The van der Waals surface area contributed by atoms with Crippen molar-refractivity contribution in [2.45, 2.75) is 6.23 Å². The molecule has 0 saturated carbocycles. The summed E-state index contributed by atoms with van der Waals surface area (Å²) in [6, 6.07) is 5.07. The molecule has 1 atom stereocenters. The Morgan fingerprint density at radius 2 is 2.07 bits per heavy atom. The molecule has 28 heavy (non-hydrogen) atoms. The average molecular weight is 448 g/mol. The molecule has 2 N–H and O–H groups in total. The minimum Gasteiger partial charge on any atom is -0.356 e. The van der Waals surface area contributed by atoms with E-state index in [4.69, 9.17) is 16.3 Å². The van der Waals surface area contributed by atoms with E-state index in [1.54, 1.807) is 5.38 Å². The molecule has 1 fully saturated rings. The van der Waals surface area contributed by atoms with Gasteiger partial charge in [0.05, 0.1) is 24.3 Å².